The smallest absolute Gasteiger partial charge is 0.261 e. The van der Waals surface area contributed by atoms with Crippen molar-refractivity contribution < 1.29 is 9.53 Å². The van der Waals surface area contributed by atoms with E-state index in [4.69, 9.17) is 22.2 Å². The van der Waals surface area contributed by atoms with Crippen molar-refractivity contribution in [3.05, 3.63) is 65.7 Å². The molecule has 1 amide bonds. The maximum absolute atomic E-state index is 12.9. The number of rotatable bonds is 11. The van der Waals surface area contributed by atoms with Crippen molar-refractivity contribution in [1.29, 1.82) is 5.26 Å². The predicted octanol–water partition coefficient (Wildman–Crippen LogP) is 5.08. The van der Waals surface area contributed by atoms with Crippen molar-refractivity contribution in [1.82, 2.24) is 10.2 Å². The molecule has 0 atom stereocenters. The average molecular weight is 424 g/mol. The molecule has 1 N–H and O–H groups in total. The van der Waals surface area contributed by atoms with Crippen LogP contribution >= 0.6 is 12.2 Å². The van der Waals surface area contributed by atoms with E-state index in [0.717, 1.165) is 18.4 Å². The molecule has 0 aliphatic heterocycles. The lowest BCUT2D eigenvalue weighted by atomic mass is 10.2. The number of nitrogens with zero attached hydrogens (tertiary/aromatic N) is 2. The topological polar surface area (TPSA) is 65.4 Å². The molecule has 0 bridgehead atoms. The quantitative estimate of drug-likeness (QED) is 0.403. The van der Waals surface area contributed by atoms with E-state index in [9.17, 15) is 4.79 Å². The molecule has 2 aromatic carbocycles. The van der Waals surface area contributed by atoms with Gasteiger partial charge < -0.3 is 9.64 Å². The molecule has 2 rings (SSSR count). The van der Waals surface area contributed by atoms with Crippen molar-refractivity contribution in [2.24, 2.45) is 0 Å². The first-order valence-electron chi connectivity index (χ1n) is 10.4. The first kappa shape index (κ1) is 23.4. The van der Waals surface area contributed by atoms with E-state index in [-0.39, 0.29) is 5.91 Å². The second-order valence-electron chi connectivity index (χ2n) is 6.98. The van der Waals surface area contributed by atoms with Gasteiger partial charge in [-0.05, 0) is 36.3 Å². The minimum absolute atomic E-state index is 0.303. The summed E-state index contributed by atoms with van der Waals surface area (Å²) >= 11 is 5.49. The Labute approximate surface area is 184 Å². The molecule has 6 heteroatoms. The van der Waals surface area contributed by atoms with Crippen LogP contribution in [0.4, 0.5) is 0 Å². The van der Waals surface area contributed by atoms with Crippen molar-refractivity contribution >= 4 is 23.2 Å². The highest BCUT2D eigenvalue weighted by Crippen LogP contribution is 2.19. The van der Waals surface area contributed by atoms with Crippen LogP contribution in [0, 0.1) is 11.3 Å². The number of nitriles is 1. The van der Waals surface area contributed by atoms with Crippen LogP contribution in [0.25, 0.3) is 0 Å². The first-order chi connectivity index (χ1) is 14.7. The van der Waals surface area contributed by atoms with E-state index in [1.165, 1.54) is 12.8 Å². The fraction of sp³-hybridized carbons (Fsp3) is 0.375. The summed E-state index contributed by atoms with van der Waals surface area (Å²) < 4.78 is 5.85. The molecular formula is C24H29N3O2S. The van der Waals surface area contributed by atoms with Crippen LogP contribution in [-0.2, 0) is 6.54 Å². The highest BCUT2D eigenvalue weighted by Gasteiger charge is 2.17. The number of thiocarbonyl (C=S) groups is 1. The number of hydrogen-bond acceptors (Lipinski definition) is 4. The third-order valence-corrected chi connectivity index (χ3v) is 4.96. The predicted molar refractivity (Wildman–Crippen MR) is 123 cm³/mol. The molecule has 0 unspecified atom stereocenters. The van der Waals surface area contributed by atoms with Crippen molar-refractivity contribution in [3.8, 4) is 11.8 Å². The highest BCUT2D eigenvalue weighted by atomic mass is 32.1. The standard InChI is InChI=1S/C24H29N3O2S/c1-2-3-4-10-18-29-22-15-9-8-14-21(22)23(28)26-24(30)27(17-11-16-25)19-20-12-6-5-7-13-20/h5-9,12-15H,2-4,10-11,17-19H2,1H3,(H,26,28,30). The Hall–Kier alpha value is -2.91. The molecule has 0 radical (unpaired) electrons. The van der Waals surface area contributed by atoms with Gasteiger partial charge in [-0.2, -0.15) is 5.26 Å². The third kappa shape index (κ3) is 7.84. The monoisotopic (exact) mass is 423 g/mol. The van der Waals surface area contributed by atoms with Crippen molar-refractivity contribution in [3.63, 3.8) is 0 Å². The number of benzene rings is 2. The third-order valence-electron chi connectivity index (χ3n) is 4.60. The lowest BCUT2D eigenvalue weighted by molar-refractivity contribution is 0.0969. The molecule has 30 heavy (non-hydrogen) atoms. The van der Waals surface area contributed by atoms with Gasteiger partial charge in [-0.1, -0.05) is 68.7 Å². The average Bonchev–Trinajstić information content (AvgIpc) is 2.77. The highest BCUT2D eigenvalue weighted by molar-refractivity contribution is 7.80. The SMILES string of the molecule is CCCCCCOc1ccccc1C(=O)NC(=S)N(CCC#N)Cc1ccccc1. The van der Waals surface area contributed by atoms with E-state index in [2.05, 4.69) is 18.3 Å². The number of hydrogen-bond donors (Lipinski definition) is 1. The van der Waals surface area contributed by atoms with E-state index in [0.29, 0.717) is 42.5 Å². The van der Waals surface area contributed by atoms with Gasteiger partial charge in [0.2, 0.25) is 0 Å². The zero-order chi connectivity index (χ0) is 21.6. The number of carbonyl (C=O) groups is 1. The Kier molecular flexibility index (Phi) is 10.4. The second-order valence-corrected chi connectivity index (χ2v) is 7.37. The molecule has 0 aromatic heterocycles. The minimum Gasteiger partial charge on any atom is -0.493 e. The maximum Gasteiger partial charge on any atom is 0.261 e. The summed E-state index contributed by atoms with van der Waals surface area (Å²) in [6, 6.07) is 19.2. The Morgan fingerprint density at radius 3 is 2.57 bits per heavy atom. The van der Waals surface area contributed by atoms with Gasteiger partial charge >= 0.3 is 0 Å². The maximum atomic E-state index is 12.9. The summed E-state index contributed by atoms with van der Waals surface area (Å²) in [5.74, 6) is 0.250. The Balaban J connectivity index is 2.01. The molecule has 0 heterocycles. The Bertz CT molecular complexity index is 849. The van der Waals surface area contributed by atoms with Crippen LogP contribution in [0.2, 0.25) is 0 Å². The largest absolute Gasteiger partial charge is 0.493 e. The molecule has 0 saturated heterocycles. The summed E-state index contributed by atoms with van der Waals surface area (Å²) in [5, 5.41) is 12.1. The van der Waals surface area contributed by atoms with Gasteiger partial charge in [-0.25, -0.2) is 0 Å². The zero-order valence-corrected chi connectivity index (χ0v) is 18.3. The molecule has 0 spiro atoms. The molecular weight excluding hydrogens is 394 g/mol. The van der Waals surface area contributed by atoms with Gasteiger partial charge in [0.25, 0.3) is 5.91 Å². The normalized spacial score (nSPS) is 10.1. The summed E-state index contributed by atoms with van der Waals surface area (Å²) in [5.41, 5.74) is 1.51. The lowest BCUT2D eigenvalue weighted by Gasteiger charge is -2.25. The van der Waals surface area contributed by atoms with E-state index in [1.54, 1.807) is 18.2 Å². The summed E-state index contributed by atoms with van der Waals surface area (Å²) in [4.78, 5) is 14.7. The number of ether oxygens (including phenoxy) is 1. The van der Waals surface area contributed by atoms with Gasteiger partial charge in [-0.15, -0.1) is 0 Å². The zero-order valence-electron chi connectivity index (χ0n) is 17.5. The molecule has 5 nitrogen and oxygen atoms in total. The first-order valence-corrected chi connectivity index (χ1v) is 10.8. The Morgan fingerprint density at radius 1 is 1.10 bits per heavy atom. The fourth-order valence-electron chi connectivity index (χ4n) is 2.98. The molecule has 2 aromatic rings. The Morgan fingerprint density at radius 2 is 1.83 bits per heavy atom. The number of para-hydroxylation sites is 1. The number of nitrogens with one attached hydrogen (secondary N) is 1. The number of amides is 1. The van der Waals surface area contributed by atoms with E-state index < -0.39 is 0 Å². The van der Waals surface area contributed by atoms with Gasteiger partial charge in [0.15, 0.2) is 5.11 Å². The van der Waals surface area contributed by atoms with Gasteiger partial charge in [0.1, 0.15) is 5.75 Å². The van der Waals surface area contributed by atoms with Crippen LogP contribution in [0.1, 0.15) is 54.9 Å². The fourth-order valence-corrected chi connectivity index (χ4v) is 3.22. The number of carbonyl (C=O) groups excluding carboxylic acids is 1. The lowest BCUT2D eigenvalue weighted by Crippen LogP contribution is -2.42. The van der Waals surface area contributed by atoms with Crippen LogP contribution in [0.15, 0.2) is 54.6 Å². The van der Waals surface area contributed by atoms with Crippen LogP contribution < -0.4 is 10.1 Å². The van der Waals surface area contributed by atoms with Crippen molar-refractivity contribution in [2.45, 2.75) is 45.6 Å². The minimum atomic E-state index is -0.306. The molecule has 158 valence electrons. The van der Waals surface area contributed by atoms with Gasteiger partial charge in [0, 0.05) is 13.1 Å². The summed E-state index contributed by atoms with van der Waals surface area (Å²) in [6.07, 6.45) is 4.74. The van der Waals surface area contributed by atoms with Crippen molar-refractivity contribution in [2.75, 3.05) is 13.2 Å². The van der Waals surface area contributed by atoms with E-state index >= 15 is 0 Å². The molecule has 0 aliphatic rings. The molecule has 0 saturated carbocycles. The van der Waals surface area contributed by atoms with Crippen LogP contribution in [-0.4, -0.2) is 29.1 Å². The number of unbranched alkanes of at least 4 members (excludes halogenated alkanes) is 3. The molecule has 0 fully saturated rings. The van der Waals surface area contributed by atoms with Gasteiger partial charge in [-0.3, -0.25) is 10.1 Å². The van der Waals surface area contributed by atoms with E-state index in [1.807, 2.05) is 41.3 Å². The van der Waals surface area contributed by atoms with Gasteiger partial charge in [0.05, 0.1) is 24.7 Å². The molecule has 0 aliphatic carbocycles. The van der Waals surface area contributed by atoms with Crippen LogP contribution in [0.5, 0.6) is 5.75 Å². The summed E-state index contributed by atoms with van der Waals surface area (Å²) in [6.45, 7) is 3.72. The summed E-state index contributed by atoms with van der Waals surface area (Å²) in [7, 11) is 0. The van der Waals surface area contributed by atoms with Crippen LogP contribution in [0.3, 0.4) is 0 Å². The second kappa shape index (κ2) is 13.3.